The molecule has 9 aromatic carbocycles. The van der Waals surface area contributed by atoms with Crippen molar-refractivity contribution in [3.8, 4) is 33.4 Å². The van der Waals surface area contributed by atoms with E-state index >= 15 is 0 Å². The lowest BCUT2D eigenvalue weighted by Gasteiger charge is -2.19. The molecule has 1 aliphatic carbocycles. The zero-order valence-electron chi connectivity index (χ0n) is 29.4. The molecule has 2 heterocycles. The highest BCUT2D eigenvalue weighted by Gasteiger charge is 2.24. The van der Waals surface area contributed by atoms with Gasteiger partial charge in [0.05, 0.1) is 0 Å². The summed E-state index contributed by atoms with van der Waals surface area (Å²) in [6.45, 7) is 0. The Labute approximate surface area is 311 Å². The summed E-state index contributed by atoms with van der Waals surface area (Å²) < 4.78 is 13.2. The summed E-state index contributed by atoms with van der Waals surface area (Å²) in [7, 11) is 0. The fraction of sp³-hybridized carbons (Fsp3) is 0.0385. The number of rotatable bonds is 3. The van der Waals surface area contributed by atoms with Crippen LogP contribution in [-0.4, -0.2) is 0 Å². The second-order valence-corrected chi connectivity index (χ2v) is 14.6. The van der Waals surface area contributed by atoms with Gasteiger partial charge >= 0.3 is 0 Å². The summed E-state index contributed by atoms with van der Waals surface area (Å²) in [5.74, 6) is 0.984. The van der Waals surface area contributed by atoms with Gasteiger partial charge in [-0.15, -0.1) is 0 Å². The number of para-hydroxylation sites is 1. The fourth-order valence-electron chi connectivity index (χ4n) is 9.43. The monoisotopic (exact) mass is 688 g/mol. The molecule has 0 saturated carbocycles. The molecule has 2 aromatic heterocycles. The summed E-state index contributed by atoms with van der Waals surface area (Å²) in [5, 5.41) is 13.2. The van der Waals surface area contributed by atoms with Crippen molar-refractivity contribution in [1.82, 2.24) is 0 Å². The molecular formula is C52H32O2. The number of fused-ring (bicyclic) bond motifs is 10. The Morgan fingerprint density at radius 1 is 0.389 bits per heavy atom. The second kappa shape index (κ2) is 11.3. The zero-order chi connectivity index (χ0) is 35.3. The van der Waals surface area contributed by atoms with Crippen LogP contribution in [0.5, 0.6) is 0 Å². The van der Waals surface area contributed by atoms with E-state index < -0.39 is 0 Å². The summed E-state index contributed by atoms with van der Waals surface area (Å²) in [5.41, 5.74) is 11.4. The van der Waals surface area contributed by atoms with Gasteiger partial charge in [-0.3, -0.25) is 0 Å². The molecule has 0 spiro atoms. The van der Waals surface area contributed by atoms with Gasteiger partial charge in [-0.05, 0) is 109 Å². The topological polar surface area (TPSA) is 26.3 Å². The van der Waals surface area contributed by atoms with Gasteiger partial charge in [-0.2, -0.15) is 0 Å². The average Bonchev–Trinajstić information content (AvgIpc) is 3.79. The van der Waals surface area contributed by atoms with Crippen LogP contribution >= 0.6 is 0 Å². The largest absolute Gasteiger partial charge is 0.456 e. The maximum Gasteiger partial charge on any atom is 0.136 e. The Kier molecular flexibility index (Phi) is 6.20. The van der Waals surface area contributed by atoms with Gasteiger partial charge in [0.2, 0.25) is 0 Å². The van der Waals surface area contributed by atoms with E-state index in [0.29, 0.717) is 0 Å². The molecule has 2 heteroatoms. The number of aryl methyl sites for hydroxylation is 1. The summed E-state index contributed by atoms with van der Waals surface area (Å²) >= 11 is 0. The van der Waals surface area contributed by atoms with Crippen LogP contribution in [-0.2, 0) is 6.42 Å². The van der Waals surface area contributed by atoms with Gasteiger partial charge in [-0.1, -0.05) is 140 Å². The number of allylic oxidation sites excluding steroid dienone is 1. The molecule has 0 unspecified atom stereocenters. The van der Waals surface area contributed by atoms with Crippen molar-refractivity contribution in [2.45, 2.75) is 12.8 Å². The van der Waals surface area contributed by atoms with Crippen molar-refractivity contribution in [3.63, 3.8) is 0 Å². The first-order chi connectivity index (χ1) is 26.8. The Morgan fingerprint density at radius 3 is 1.67 bits per heavy atom. The number of benzene rings is 9. The van der Waals surface area contributed by atoms with E-state index in [1.54, 1.807) is 0 Å². The van der Waals surface area contributed by atoms with Crippen molar-refractivity contribution >= 4 is 82.1 Å². The van der Waals surface area contributed by atoms with Crippen molar-refractivity contribution < 1.29 is 8.83 Å². The third-order valence-corrected chi connectivity index (χ3v) is 11.7. The predicted molar refractivity (Wildman–Crippen MR) is 227 cm³/mol. The van der Waals surface area contributed by atoms with Crippen molar-refractivity contribution in [2.24, 2.45) is 0 Å². The Balaban J connectivity index is 1.29. The van der Waals surface area contributed by atoms with E-state index in [1.165, 1.54) is 82.0 Å². The van der Waals surface area contributed by atoms with Gasteiger partial charge in [0.15, 0.2) is 0 Å². The normalized spacial score (nSPS) is 13.0. The van der Waals surface area contributed by atoms with Gasteiger partial charge < -0.3 is 8.83 Å². The second-order valence-electron chi connectivity index (χ2n) is 14.6. The van der Waals surface area contributed by atoms with Crippen LogP contribution in [0.2, 0.25) is 0 Å². The first kappa shape index (κ1) is 29.7. The van der Waals surface area contributed by atoms with E-state index in [4.69, 9.17) is 8.83 Å². The highest BCUT2D eigenvalue weighted by atomic mass is 16.3. The van der Waals surface area contributed by atoms with Gasteiger partial charge in [0.1, 0.15) is 22.5 Å². The molecule has 0 radical (unpaired) electrons. The Morgan fingerprint density at radius 2 is 0.963 bits per heavy atom. The molecule has 12 rings (SSSR count). The molecule has 54 heavy (non-hydrogen) atoms. The third-order valence-electron chi connectivity index (χ3n) is 11.7. The van der Waals surface area contributed by atoms with E-state index in [-0.39, 0.29) is 0 Å². The van der Waals surface area contributed by atoms with E-state index in [1.807, 2.05) is 0 Å². The lowest BCUT2D eigenvalue weighted by atomic mass is 9.83. The van der Waals surface area contributed by atoms with Crippen LogP contribution in [0.1, 0.15) is 17.7 Å². The lowest BCUT2D eigenvalue weighted by molar-refractivity contribution is 0.596. The van der Waals surface area contributed by atoms with E-state index in [0.717, 1.165) is 51.5 Å². The SMILES string of the molecule is C1=Cc2oc3cc4ccccc4c(-c4cccc5c(-c6ccccc6)c6cccc(-c7c8ccccc8cc8oc9ccccc9c78)c6cc45)c3c2CC1. The minimum absolute atomic E-state index is 0.903. The summed E-state index contributed by atoms with van der Waals surface area (Å²) in [6.07, 6.45) is 6.37. The quantitative estimate of drug-likeness (QED) is 0.173. The maximum absolute atomic E-state index is 6.63. The number of hydrogen-bond donors (Lipinski definition) is 0. The van der Waals surface area contributed by atoms with Crippen molar-refractivity contribution in [1.29, 1.82) is 0 Å². The average molecular weight is 689 g/mol. The van der Waals surface area contributed by atoms with Crippen LogP contribution in [0.15, 0.2) is 173 Å². The molecular weight excluding hydrogens is 657 g/mol. The molecule has 0 bridgehead atoms. The smallest absolute Gasteiger partial charge is 0.136 e. The van der Waals surface area contributed by atoms with Crippen molar-refractivity contribution in [3.05, 3.63) is 175 Å². The van der Waals surface area contributed by atoms with Crippen molar-refractivity contribution in [2.75, 3.05) is 0 Å². The molecule has 11 aromatic rings. The molecule has 1 aliphatic rings. The van der Waals surface area contributed by atoms with E-state index in [2.05, 4.69) is 170 Å². The highest BCUT2D eigenvalue weighted by Crippen LogP contribution is 2.50. The zero-order valence-corrected chi connectivity index (χ0v) is 29.4. The van der Waals surface area contributed by atoms with Crippen LogP contribution < -0.4 is 0 Å². The van der Waals surface area contributed by atoms with E-state index in [9.17, 15) is 0 Å². The number of hydrogen-bond acceptors (Lipinski definition) is 2. The third kappa shape index (κ3) is 4.17. The minimum Gasteiger partial charge on any atom is -0.456 e. The Hall–Kier alpha value is -6.90. The predicted octanol–water partition coefficient (Wildman–Crippen LogP) is 14.9. The lowest BCUT2D eigenvalue weighted by Crippen LogP contribution is -1.94. The number of furan rings is 2. The van der Waals surface area contributed by atoms with Gasteiger partial charge in [0, 0.05) is 32.8 Å². The van der Waals surface area contributed by atoms with Crippen LogP contribution in [0.3, 0.4) is 0 Å². The van der Waals surface area contributed by atoms with Crippen LogP contribution in [0, 0.1) is 0 Å². The molecule has 0 saturated heterocycles. The fourth-order valence-corrected chi connectivity index (χ4v) is 9.43. The highest BCUT2D eigenvalue weighted by molar-refractivity contribution is 6.27. The minimum atomic E-state index is 0.903. The summed E-state index contributed by atoms with van der Waals surface area (Å²) in [4.78, 5) is 0. The first-order valence-electron chi connectivity index (χ1n) is 18.8. The van der Waals surface area contributed by atoms with Gasteiger partial charge in [0.25, 0.3) is 0 Å². The van der Waals surface area contributed by atoms with Crippen LogP contribution in [0.4, 0.5) is 0 Å². The Bertz CT molecular complexity index is 3370. The standard InChI is InChI=1S/C52H32O2/c1-2-14-31(15-3-1)48-36-22-12-24-38(49-34-18-6-4-16-32(34)28-46-51(49)40-20-8-10-26-44(40)53-46)42(36)30-43-37(48)23-13-25-39(43)50-35-19-7-5-17-33(35)29-47-52(50)41-21-9-11-27-45(41)54-47/h1-8,10-20,22-30H,9,21H2. The first-order valence-corrected chi connectivity index (χ1v) is 18.8. The molecule has 0 atom stereocenters. The van der Waals surface area contributed by atoms with Gasteiger partial charge in [-0.25, -0.2) is 0 Å². The van der Waals surface area contributed by atoms with Crippen LogP contribution in [0.25, 0.3) is 115 Å². The molecule has 0 amide bonds. The molecule has 0 N–H and O–H groups in total. The molecule has 2 nitrogen and oxygen atoms in total. The molecule has 0 aliphatic heterocycles. The molecule has 0 fully saturated rings. The molecule has 252 valence electrons. The summed E-state index contributed by atoms with van der Waals surface area (Å²) in [6, 6.07) is 57.5. The maximum atomic E-state index is 6.63.